The summed E-state index contributed by atoms with van der Waals surface area (Å²) in [5.41, 5.74) is 4.23. The van der Waals surface area contributed by atoms with Crippen molar-refractivity contribution in [1.82, 2.24) is 0 Å². The Labute approximate surface area is 129 Å². The maximum atomic E-state index is 12.1. The molecule has 0 aliphatic rings. The molecule has 0 saturated carbocycles. The summed E-state index contributed by atoms with van der Waals surface area (Å²) in [6.45, 7) is 4.08. The van der Waals surface area contributed by atoms with Crippen LogP contribution in [-0.4, -0.2) is 5.78 Å². The topological polar surface area (TPSA) is 17.1 Å². The van der Waals surface area contributed by atoms with Gasteiger partial charge in [0.1, 0.15) is 5.78 Å². The molecule has 0 N–H and O–H groups in total. The number of carbonyl (C=O) groups is 1. The number of rotatable bonds is 4. The summed E-state index contributed by atoms with van der Waals surface area (Å²) < 4.78 is 0. The summed E-state index contributed by atoms with van der Waals surface area (Å²) >= 11 is 11.9. The van der Waals surface area contributed by atoms with Gasteiger partial charge in [-0.2, -0.15) is 0 Å². The van der Waals surface area contributed by atoms with Gasteiger partial charge in [0.05, 0.1) is 0 Å². The molecule has 20 heavy (non-hydrogen) atoms. The highest BCUT2D eigenvalue weighted by Gasteiger charge is 2.09. The van der Waals surface area contributed by atoms with E-state index in [2.05, 4.69) is 6.07 Å². The average molecular weight is 307 g/mol. The molecule has 1 nitrogen and oxygen atoms in total. The summed E-state index contributed by atoms with van der Waals surface area (Å²) in [7, 11) is 0. The quantitative estimate of drug-likeness (QED) is 0.780. The van der Waals surface area contributed by atoms with E-state index in [1.165, 1.54) is 11.1 Å². The van der Waals surface area contributed by atoms with E-state index in [-0.39, 0.29) is 5.78 Å². The Hall–Kier alpha value is -1.31. The molecule has 0 saturated heterocycles. The molecule has 0 unspecified atom stereocenters. The van der Waals surface area contributed by atoms with Gasteiger partial charge in [-0.1, -0.05) is 58.6 Å². The zero-order valence-electron chi connectivity index (χ0n) is 11.5. The number of hydrogen-bond donors (Lipinski definition) is 0. The second-order valence-corrected chi connectivity index (χ2v) is 5.97. The molecule has 2 aromatic carbocycles. The van der Waals surface area contributed by atoms with Crippen LogP contribution in [0.15, 0.2) is 36.4 Å². The molecule has 2 rings (SSSR count). The lowest BCUT2D eigenvalue weighted by molar-refractivity contribution is -0.117. The molecule has 0 radical (unpaired) electrons. The summed E-state index contributed by atoms with van der Waals surface area (Å²) in [5, 5.41) is 1.13. The van der Waals surface area contributed by atoms with E-state index in [0.29, 0.717) is 22.9 Å². The lowest BCUT2D eigenvalue weighted by Gasteiger charge is -2.06. The normalized spacial score (nSPS) is 10.6. The molecular formula is C17H16Cl2O. The first-order chi connectivity index (χ1) is 9.44. The average Bonchev–Trinajstić information content (AvgIpc) is 2.31. The molecule has 0 bridgehead atoms. The summed E-state index contributed by atoms with van der Waals surface area (Å²) in [5.74, 6) is 0.152. The number of benzene rings is 2. The number of Topliss-reactive ketones (excluding diaryl/α,β-unsaturated/α-hetero) is 1. The van der Waals surface area contributed by atoms with Gasteiger partial charge in [-0.3, -0.25) is 4.79 Å². The highest BCUT2D eigenvalue weighted by molar-refractivity contribution is 6.35. The Morgan fingerprint density at radius 1 is 0.950 bits per heavy atom. The molecule has 0 aliphatic heterocycles. The van der Waals surface area contributed by atoms with Crippen LogP contribution in [0.2, 0.25) is 10.0 Å². The molecule has 3 heteroatoms. The Balaban J connectivity index is 2.09. The fourth-order valence-corrected chi connectivity index (χ4v) is 2.81. The number of carbonyl (C=O) groups excluding carboxylic acids is 1. The van der Waals surface area contributed by atoms with Crippen molar-refractivity contribution in [2.24, 2.45) is 0 Å². The van der Waals surface area contributed by atoms with Gasteiger partial charge < -0.3 is 0 Å². The third-order valence-corrected chi connectivity index (χ3v) is 3.67. The molecular weight excluding hydrogens is 291 g/mol. The molecule has 0 aromatic heterocycles. The Bertz CT molecular complexity index is 627. The van der Waals surface area contributed by atoms with Crippen molar-refractivity contribution in [2.45, 2.75) is 26.7 Å². The third-order valence-electron chi connectivity index (χ3n) is 3.09. The van der Waals surface area contributed by atoms with E-state index >= 15 is 0 Å². The minimum Gasteiger partial charge on any atom is -0.299 e. The van der Waals surface area contributed by atoms with E-state index in [1.807, 2.05) is 32.0 Å². The Kier molecular flexibility index (Phi) is 4.85. The lowest BCUT2D eigenvalue weighted by Crippen LogP contribution is -2.07. The molecule has 0 fully saturated rings. The van der Waals surface area contributed by atoms with Gasteiger partial charge in [0.25, 0.3) is 0 Å². The van der Waals surface area contributed by atoms with Crippen molar-refractivity contribution in [1.29, 1.82) is 0 Å². The zero-order valence-corrected chi connectivity index (χ0v) is 13.1. The van der Waals surface area contributed by atoms with Crippen molar-refractivity contribution in [3.05, 3.63) is 68.7 Å². The van der Waals surface area contributed by atoms with Gasteiger partial charge in [0.2, 0.25) is 0 Å². The standard InChI is InChI=1S/C17H16Cl2O/c1-11-5-12(2)7-13(6-11)8-16(20)9-14-3-4-15(18)10-17(14)19/h3-7,10H,8-9H2,1-2H3. The number of halogens is 2. The molecule has 104 valence electrons. The first-order valence-corrected chi connectivity index (χ1v) is 7.22. The van der Waals surface area contributed by atoms with Crippen LogP contribution in [0.25, 0.3) is 0 Å². The molecule has 0 amide bonds. The van der Waals surface area contributed by atoms with Crippen molar-refractivity contribution in [3.63, 3.8) is 0 Å². The van der Waals surface area contributed by atoms with Gasteiger partial charge in [-0.25, -0.2) is 0 Å². The largest absolute Gasteiger partial charge is 0.299 e. The second-order valence-electron chi connectivity index (χ2n) is 5.12. The third kappa shape index (κ3) is 4.09. The van der Waals surface area contributed by atoms with E-state index in [1.54, 1.807) is 12.1 Å². The summed E-state index contributed by atoms with van der Waals surface area (Å²) in [6, 6.07) is 11.4. The van der Waals surface area contributed by atoms with Crippen LogP contribution in [0.5, 0.6) is 0 Å². The Morgan fingerprint density at radius 3 is 2.20 bits per heavy atom. The fourth-order valence-electron chi connectivity index (χ4n) is 2.34. The number of ketones is 1. The van der Waals surface area contributed by atoms with E-state index < -0.39 is 0 Å². The fraction of sp³-hybridized carbons (Fsp3) is 0.235. The summed E-state index contributed by atoms with van der Waals surface area (Å²) in [4.78, 5) is 12.1. The Morgan fingerprint density at radius 2 is 1.60 bits per heavy atom. The van der Waals surface area contributed by atoms with E-state index in [0.717, 1.165) is 11.1 Å². The van der Waals surface area contributed by atoms with Crippen LogP contribution in [0.4, 0.5) is 0 Å². The van der Waals surface area contributed by atoms with Crippen LogP contribution in [0.1, 0.15) is 22.3 Å². The van der Waals surface area contributed by atoms with Crippen molar-refractivity contribution < 1.29 is 4.79 Å². The predicted molar refractivity (Wildman–Crippen MR) is 84.8 cm³/mol. The van der Waals surface area contributed by atoms with Gasteiger partial charge >= 0.3 is 0 Å². The van der Waals surface area contributed by atoms with Crippen LogP contribution in [0.3, 0.4) is 0 Å². The van der Waals surface area contributed by atoms with Crippen LogP contribution >= 0.6 is 23.2 Å². The van der Waals surface area contributed by atoms with Crippen LogP contribution in [-0.2, 0) is 17.6 Å². The lowest BCUT2D eigenvalue weighted by atomic mass is 10.00. The number of aryl methyl sites for hydroxylation is 2. The van der Waals surface area contributed by atoms with E-state index in [4.69, 9.17) is 23.2 Å². The first-order valence-electron chi connectivity index (χ1n) is 6.47. The van der Waals surface area contributed by atoms with Gasteiger partial charge in [0.15, 0.2) is 0 Å². The van der Waals surface area contributed by atoms with Gasteiger partial charge in [0, 0.05) is 22.9 Å². The zero-order chi connectivity index (χ0) is 14.7. The van der Waals surface area contributed by atoms with Crippen LogP contribution in [0, 0.1) is 13.8 Å². The smallest absolute Gasteiger partial charge is 0.141 e. The number of hydrogen-bond acceptors (Lipinski definition) is 1. The molecule has 0 aliphatic carbocycles. The minimum atomic E-state index is 0.152. The SMILES string of the molecule is Cc1cc(C)cc(CC(=O)Cc2ccc(Cl)cc2Cl)c1. The maximum absolute atomic E-state index is 12.1. The second kappa shape index (κ2) is 6.43. The first kappa shape index (κ1) is 15.1. The van der Waals surface area contributed by atoms with Gasteiger partial charge in [-0.15, -0.1) is 0 Å². The highest BCUT2D eigenvalue weighted by atomic mass is 35.5. The minimum absolute atomic E-state index is 0.152. The molecule has 2 aromatic rings. The van der Waals surface area contributed by atoms with Gasteiger partial charge in [-0.05, 0) is 37.1 Å². The monoisotopic (exact) mass is 306 g/mol. The summed E-state index contributed by atoms with van der Waals surface area (Å²) in [6.07, 6.45) is 0.768. The van der Waals surface area contributed by atoms with E-state index in [9.17, 15) is 4.79 Å². The molecule has 0 heterocycles. The highest BCUT2D eigenvalue weighted by Crippen LogP contribution is 2.22. The maximum Gasteiger partial charge on any atom is 0.141 e. The van der Waals surface area contributed by atoms with Crippen molar-refractivity contribution in [2.75, 3.05) is 0 Å². The molecule has 0 spiro atoms. The predicted octanol–water partition coefficient (Wildman–Crippen LogP) is 4.96. The van der Waals surface area contributed by atoms with Crippen LogP contribution < -0.4 is 0 Å². The molecule has 0 atom stereocenters. The van der Waals surface area contributed by atoms with Crippen molar-refractivity contribution >= 4 is 29.0 Å². The van der Waals surface area contributed by atoms with Crippen molar-refractivity contribution in [3.8, 4) is 0 Å².